The molecule has 2 aromatic heterocycles. The van der Waals surface area contributed by atoms with Crippen molar-refractivity contribution in [1.29, 1.82) is 0 Å². The lowest BCUT2D eigenvalue weighted by Gasteiger charge is -2.05. The second-order valence-electron chi connectivity index (χ2n) is 6.04. The molecule has 0 saturated carbocycles. The Balaban J connectivity index is 2.13. The predicted octanol–water partition coefficient (Wildman–Crippen LogP) is 4.73. The van der Waals surface area contributed by atoms with Crippen molar-refractivity contribution in [2.45, 2.75) is 33.1 Å². The Kier molecular flexibility index (Phi) is 5.19. The van der Waals surface area contributed by atoms with Gasteiger partial charge in [0.1, 0.15) is 11.5 Å². The summed E-state index contributed by atoms with van der Waals surface area (Å²) >= 11 is 4.83. The Labute approximate surface area is 152 Å². The molecule has 0 atom stereocenters. The molecule has 5 nitrogen and oxygen atoms in total. The van der Waals surface area contributed by atoms with Crippen molar-refractivity contribution in [2.24, 2.45) is 4.36 Å². The highest BCUT2D eigenvalue weighted by Gasteiger charge is 2.16. The zero-order valence-electron chi connectivity index (χ0n) is 14.4. The summed E-state index contributed by atoms with van der Waals surface area (Å²) in [5.74, 6) is 0.962. The number of rotatable bonds is 6. The number of H-pyrrole nitrogens is 1. The molecule has 0 spiro atoms. The van der Waals surface area contributed by atoms with Crippen LogP contribution in [0.4, 0.5) is 11.4 Å². The third-order valence-corrected chi connectivity index (χ3v) is 4.26. The average Bonchev–Trinajstić information content (AvgIpc) is 3.04. The van der Waals surface area contributed by atoms with Crippen LogP contribution in [0.25, 0.3) is 22.6 Å². The molecule has 0 amide bonds. The van der Waals surface area contributed by atoms with E-state index < -0.39 is 0 Å². The number of benzene rings is 1. The van der Waals surface area contributed by atoms with Crippen LogP contribution in [0, 0.1) is 6.92 Å². The maximum absolute atomic E-state index is 5.92. The SMILES string of the molecule is CCCCc1nc(-c2ccc(N)c(N=S)c2)c(-c2cccc(C)n2)[nH]1. The number of pyridine rings is 1. The maximum Gasteiger partial charge on any atom is 0.107 e. The van der Waals surface area contributed by atoms with Crippen LogP contribution >= 0.6 is 0 Å². The number of nitrogen functional groups attached to an aromatic ring is 1. The van der Waals surface area contributed by atoms with Crippen LogP contribution in [0.2, 0.25) is 0 Å². The third-order valence-electron chi connectivity index (χ3n) is 4.07. The first-order valence-corrected chi connectivity index (χ1v) is 8.75. The topological polar surface area (TPSA) is 79.9 Å². The number of aromatic amines is 1. The van der Waals surface area contributed by atoms with Crippen molar-refractivity contribution in [3.63, 3.8) is 0 Å². The van der Waals surface area contributed by atoms with Crippen LogP contribution in [-0.4, -0.2) is 15.0 Å². The average molecular weight is 351 g/mol. The van der Waals surface area contributed by atoms with Gasteiger partial charge in [-0.1, -0.05) is 25.5 Å². The smallest absolute Gasteiger partial charge is 0.107 e. The lowest BCUT2D eigenvalue weighted by atomic mass is 10.1. The fourth-order valence-corrected chi connectivity index (χ4v) is 2.89. The van der Waals surface area contributed by atoms with Gasteiger partial charge in [-0.15, -0.1) is 0 Å². The largest absolute Gasteiger partial charge is 0.397 e. The van der Waals surface area contributed by atoms with E-state index in [2.05, 4.69) is 21.3 Å². The van der Waals surface area contributed by atoms with Crippen LogP contribution in [-0.2, 0) is 18.8 Å². The van der Waals surface area contributed by atoms with Crippen molar-refractivity contribution >= 4 is 23.8 Å². The van der Waals surface area contributed by atoms with Gasteiger partial charge in [-0.25, -0.2) is 4.98 Å². The lowest BCUT2D eigenvalue weighted by molar-refractivity contribution is 0.763. The first kappa shape index (κ1) is 17.2. The number of nitrogens with two attached hydrogens (primary N) is 1. The van der Waals surface area contributed by atoms with E-state index in [1.807, 2.05) is 43.3 Å². The minimum absolute atomic E-state index is 0.565. The van der Waals surface area contributed by atoms with Crippen LogP contribution in [0.15, 0.2) is 40.8 Å². The van der Waals surface area contributed by atoms with E-state index in [1.54, 1.807) is 0 Å². The Bertz CT molecular complexity index is 901. The van der Waals surface area contributed by atoms with Gasteiger partial charge in [-0.05, 0) is 37.6 Å². The van der Waals surface area contributed by atoms with E-state index in [-0.39, 0.29) is 0 Å². The molecule has 6 heteroatoms. The zero-order chi connectivity index (χ0) is 17.8. The fraction of sp³-hybridized carbons (Fsp3) is 0.263. The molecular formula is C19H21N5S. The zero-order valence-corrected chi connectivity index (χ0v) is 15.2. The standard InChI is InChI=1S/C19H21N5S/c1-3-4-8-17-22-18(13-9-10-14(20)16(11-13)24-25)19(23-17)15-7-5-6-12(2)21-15/h5-7,9-11H,3-4,8,20H2,1-2H3,(H,22,23). The van der Waals surface area contributed by atoms with E-state index >= 15 is 0 Å². The summed E-state index contributed by atoms with van der Waals surface area (Å²) in [6, 6.07) is 11.6. The minimum Gasteiger partial charge on any atom is -0.397 e. The predicted molar refractivity (Wildman–Crippen MR) is 104 cm³/mol. The van der Waals surface area contributed by atoms with Gasteiger partial charge < -0.3 is 10.7 Å². The number of aryl methyl sites for hydroxylation is 2. The van der Waals surface area contributed by atoms with E-state index in [4.69, 9.17) is 23.1 Å². The number of hydrogen-bond donors (Lipinski definition) is 2. The molecule has 2 heterocycles. The van der Waals surface area contributed by atoms with Crippen LogP contribution in [0.5, 0.6) is 0 Å². The quantitative estimate of drug-likeness (QED) is 0.629. The van der Waals surface area contributed by atoms with Crippen LogP contribution in [0.1, 0.15) is 31.3 Å². The molecule has 0 aliphatic rings. The number of aromatic nitrogens is 3. The van der Waals surface area contributed by atoms with Gasteiger partial charge >= 0.3 is 0 Å². The number of nitrogens with zero attached hydrogens (tertiary/aromatic N) is 3. The number of imidazole rings is 1. The van der Waals surface area contributed by atoms with E-state index in [9.17, 15) is 0 Å². The van der Waals surface area contributed by atoms with Crippen molar-refractivity contribution in [3.05, 3.63) is 47.9 Å². The monoisotopic (exact) mass is 351 g/mol. The Morgan fingerprint density at radius 1 is 1.20 bits per heavy atom. The van der Waals surface area contributed by atoms with Gasteiger partial charge in [-0.3, -0.25) is 4.98 Å². The minimum atomic E-state index is 0.565. The van der Waals surface area contributed by atoms with Crippen molar-refractivity contribution in [3.8, 4) is 22.6 Å². The summed E-state index contributed by atoms with van der Waals surface area (Å²) in [7, 11) is 0. The molecule has 25 heavy (non-hydrogen) atoms. The van der Waals surface area contributed by atoms with Gasteiger partial charge in [0.2, 0.25) is 0 Å². The van der Waals surface area contributed by atoms with Crippen LogP contribution < -0.4 is 5.73 Å². The lowest BCUT2D eigenvalue weighted by Crippen LogP contribution is -1.90. The molecule has 0 aliphatic carbocycles. The molecule has 0 bridgehead atoms. The van der Waals surface area contributed by atoms with Gasteiger partial charge in [-0.2, -0.15) is 4.36 Å². The highest BCUT2D eigenvalue weighted by atomic mass is 32.1. The summed E-state index contributed by atoms with van der Waals surface area (Å²) in [4.78, 5) is 12.9. The highest BCUT2D eigenvalue weighted by molar-refractivity contribution is 7.47. The first-order valence-electron chi connectivity index (χ1n) is 8.38. The van der Waals surface area contributed by atoms with Gasteiger partial charge in [0.05, 0.1) is 22.8 Å². The molecule has 128 valence electrons. The summed E-state index contributed by atoms with van der Waals surface area (Å²) in [5, 5.41) is 0. The molecule has 0 unspecified atom stereocenters. The number of hydrogen-bond acceptors (Lipinski definition) is 5. The van der Waals surface area contributed by atoms with E-state index in [1.165, 1.54) is 0 Å². The molecule has 0 radical (unpaired) electrons. The number of nitrogens with one attached hydrogen (secondary N) is 1. The van der Waals surface area contributed by atoms with Crippen LogP contribution in [0.3, 0.4) is 0 Å². The molecule has 3 N–H and O–H groups in total. The summed E-state index contributed by atoms with van der Waals surface area (Å²) in [6.45, 7) is 4.15. The molecule has 1 aromatic carbocycles. The summed E-state index contributed by atoms with van der Waals surface area (Å²) in [5.41, 5.74) is 11.6. The molecule has 0 saturated heterocycles. The third kappa shape index (κ3) is 3.74. The Morgan fingerprint density at radius 3 is 2.76 bits per heavy atom. The summed E-state index contributed by atoms with van der Waals surface area (Å²) in [6.07, 6.45) is 3.11. The van der Waals surface area contributed by atoms with Gasteiger partial charge in [0.15, 0.2) is 0 Å². The maximum atomic E-state index is 5.92. The van der Waals surface area contributed by atoms with E-state index in [0.717, 1.165) is 53.4 Å². The van der Waals surface area contributed by atoms with Gasteiger partial charge in [0.25, 0.3) is 0 Å². The first-order chi connectivity index (χ1) is 12.1. The Hall–Kier alpha value is -2.60. The second kappa shape index (κ2) is 7.53. The second-order valence-corrected chi connectivity index (χ2v) is 6.22. The molecule has 0 aliphatic heterocycles. The molecule has 3 aromatic rings. The summed E-state index contributed by atoms with van der Waals surface area (Å²) < 4.78 is 3.83. The van der Waals surface area contributed by atoms with E-state index in [0.29, 0.717) is 11.4 Å². The van der Waals surface area contributed by atoms with Crippen molar-refractivity contribution in [1.82, 2.24) is 15.0 Å². The molecule has 3 rings (SSSR count). The number of unbranched alkanes of at least 4 members (excludes halogenated alkanes) is 1. The fourth-order valence-electron chi connectivity index (χ4n) is 2.73. The van der Waals surface area contributed by atoms with Gasteiger partial charge in [0, 0.05) is 30.1 Å². The molecule has 0 fully saturated rings. The molecular weight excluding hydrogens is 330 g/mol. The van der Waals surface area contributed by atoms with Crippen molar-refractivity contribution < 1.29 is 0 Å². The normalized spacial score (nSPS) is 10.8. The highest BCUT2D eigenvalue weighted by Crippen LogP contribution is 2.33. The number of anilines is 1. The Morgan fingerprint density at radius 2 is 2.04 bits per heavy atom. The van der Waals surface area contributed by atoms with Crippen molar-refractivity contribution in [2.75, 3.05) is 5.73 Å².